The van der Waals surface area contributed by atoms with E-state index in [9.17, 15) is 9.59 Å². The van der Waals surface area contributed by atoms with Crippen molar-refractivity contribution in [2.45, 2.75) is 58.8 Å². The van der Waals surface area contributed by atoms with Crippen molar-refractivity contribution in [3.8, 4) is 5.75 Å². The van der Waals surface area contributed by atoms with Crippen molar-refractivity contribution in [1.82, 2.24) is 0 Å². The van der Waals surface area contributed by atoms with E-state index in [1.165, 1.54) is 0 Å². The monoisotopic (exact) mass is 412 g/mol. The molecular formula is C25H29ClO3. The number of ether oxygens (including phenoxy) is 1. The summed E-state index contributed by atoms with van der Waals surface area (Å²) in [6.07, 6.45) is 0.129. The van der Waals surface area contributed by atoms with Crippen molar-refractivity contribution in [3.05, 3.63) is 63.7 Å². The molecule has 3 rings (SSSR count). The SMILES string of the molecule is CC(C)(C)c1cc2c(c(C(C)(C)C)c1)OCC(CC(=O)c1ccc(Cl)cc1)C2=O. The largest absolute Gasteiger partial charge is 0.492 e. The van der Waals surface area contributed by atoms with Gasteiger partial charge in [-0.05, 0) is 46.7 Å². The topological polar surface area (TPSA) is 43.4 Å². The molecule has 0 bridgehead atoms. The molecule has 0 saturated carbocycles. The summed E-state index contributed by atoms with van der Waals surface area (Å²) in [5.74, 6) is 0.111. The predicted molar refractivity (Wildman–Crippen MR) is 118 cm³/mol. The molecule has 0 radical (unpaired) electrons. The van der Waals surface area contributed by atoms with Crippen LogP contribution in [0.4, 0.5) is 0 Å². The Labute approximate surface area is 178 Å². The first-order chi connectivity index (χ1) is 13.4. The number of halogens is 1. The van der Waals surface area contributed by atoms with Crippen LogP contribution in [0.3, 0.4) is 0 Å². The Hall–Kier alpha value is -2.13. The number of hydrogen-bond donors (Lipinski definition) is 0. The fourth-order valence-electron chi connectivity index (χ4n) is 3.57. The molecule has 1 aliphatic heterocycles. The van der Waals surface area contributed by atoms with Gasteiger partial charge in [-0.15, -0.1) is 0 Å². The quantitative estimate of drug-likeness (QED) is 0.548. The van der Waals surface area contributed by atoms with Gasteiger partial charge >= 0.3 is 0 Å². The normalized spacial score (nSPS) is 16.9. The van der Waals surface area contributed by atoms with Gasteiger partial charge in [0.15, 0.2) is 11.6 Å². The lowest BCUT2D eigenvalue weighted by Gasteiger charge is -2.32. The molecule has 2 aromatic rings. The molecule has 1 atom stereocenters. The molecule has 1 heterocycles. The van der Waals surface area contributed by atoms with Crippen LogP contribution in [0.15, 0.2) is 36.4 Å². The minimum absolute atomic E-state index is 0.00911. The highest BCUT2D eigenvalue weighted by Gasteiger charge is 2.35. The highest BCUT2D eigenvalue weighted by atomic mass is 35.5. The summed E-state index contributed by atoms with van der Waals surface area (Å²) in [6, 6.07) is 10.9. The Kier molecular flexibility index (Phi) is 5.66. The molecule has 0 amide bonds. The van der Waals surface area contributed by atoms with E-state index in [2.05, 4.69) is 47.6 Å². The average Bonchev–Trinajstić information content (AvgIpc) is 2.62. The summed E-state index contributed by atoms with van der Waals surface area (Å²) in [4.78, 5) is 26.0. The molecule has 4 heteroatoms. The van der Waals surface area contributed by atoms with Gasteiger partial charge in [-0.2, -0.15) is 0 Å². The molecule has 3 nitrogen and oxygen atoms in total. The Morgan fingerprint density at radius 1 is 1.03 bits per heavy atom. The Bertz CT molecular complexity index is 944. The van der Waals surface area contributed by atoms with Crippen LogP contribution >= 0.6 is 11.6 Å². The maximum Gasteiger partial charge on any atom is 0.173 e. The zero-order chi connectivity index (χ0) is 21.6. The van der Waals surface area contributed by atoms with Gasteiger partial charge < -0.3 is 4.74 Å². The van der Waals surface area contributed by atoms with Gasteiger partial charge in [0.2, 0.25) is 0 Å². The summed E-state index contributed by atoms with van der Waals surface area (Å²) in [5, 5.41) is 0.581. The molecule has 2 aromatic carbocycles. The second kappa shape index (κ2) is 7.60. The molecular weight excluding hydrogens is 384 g/mol. The van der Waals surface area contributed by atoms with E-state index in [1.807, 2.05) is 6.07 Å². The first-order valence-corrected chi connectivity index (χ1v) is 10.4. The molecule has 0 spiro atoms. The molecule has 0 N–H and O–H groups in total. The van der Waals surface area contributed by atoms with Crippen LogP contribution in [-0.2, 0) is 10.8 Å². The Morgan fingerprint density at radius 3 is 2.21 bits per heavy atom. The number of fused-ring (bicyclic) bond motifs is 1. The van der Waals surface area contributed by atoms with E-state index in [-0.39, 0.29) is 35.4 Å². The molecule has 0 aromatic heterocycles. The van der Waals surface area contributed by atoms with Crippen molar-refractivity contribution in [2.75, 3.05) is 6.61 Å². The van der Waals surface area contributed by atoms with Crippen LogP contribution in [0.1, 0.15) is 79.8 Å². The number of carbonyl (C=O) groups excluding carboxylic acids is 2. The zero-order valence-corrected chi connectivity index (χ0v) is 18.8. The van der Waals surface area contributed by atoms with Gasteiger partial charge in [-0.1, -0.05) is 59.2 Å². The van der Waals surface area contributed by atoms with Gasteiger partial charge in [0.25, 0.3) is 0 Å². The van der Waals surface area contributed by atoms with Crippen molar-refractivity contribution < 1.29 is 14.3 Å². The lowest BCUT2D eigenvalue weighted by atomic mass is 9.76. The smallest absolute Gasteiger partial charge is 0.173 e. The maximum absolute atomic E-state index is 13.3. The van der Waals surface area contributed by atoms with Gasteiger partial charge in [-0.3, -0.25) is 9.59 Å². The van der Waals surface area contributed by atoms with Gasteiger partial charge in [0.1, 0.15) is 5.75 Å². The highest BCUT2D eigenvalue weighted by Crippen LogP contribution is 2.41. The molecule has 0 fully saturated rings. The van der Waals surface area contributed by atoms with Crippen molar-refractivity contribution >= 4 is 23.2 Å². The fraction of sp³-hybridized carbons (Fsp3) is 0.440. The van der Waals surface area contributed by atoms with Gasteiger partial charge in [0, 0.05) is 22.6 Å². The van der Waals surface area contributed by atoms with Crippen LogP contribution in [0.2, 0.25) is 5.02 Å². The predicted octanol–water partition coefficient (Wildman–Crippen LogP) is 6.40. The number of carbonyl (C=O) groups is 2. The van der Waals surface area contributed by atoms with E-state index in [4.69, 9.17) is 16.3 Å². The lowest BCUT2D eigenvalue weighted by Crippen LogP contribution is -2.32. The summed E-state index contributed by atoms with van der Waals surface area (Å²) >= 11 is 5.91. The summed E-state index contributed by atoms with van der Waals surface area (Å²) in [5.41, 5.74) is 3.05. The number of ketones is 2. The number of rotatable bonds is 3. The number of Topliss-reactive ketones (excluding diaryl/α,β-unsaturated/α-hetero) is 2. The Morgan fingerprint density at radius 2 is 1.66 bits per heavy atom. The van der Waals surface area contributed by atoms with Crippen LogP contribution in [-0.4, -0.2) is 18.2 Å². The molecule has 154 valence electrons. The summed E-state index contributed by atoms with van der Waals surface area (Å²) in [6.45, 7) is 13.0. The van der Waals surface area contributed by atoms with Crippen LogP contribution in [0.5, 0.6) is 5.75 Å². The van der Waals surface area contributed by atoms with Crippen molar-refractivity contribution in [3.63, 3.8) is 0 Å². The summed E-state index contributed by atoms with van der Waals surface area (Å²) in [7, 11) is 0. The Balaban J connectivity index is 1.96. The van der Waals surface area contributed by atoms with E-state index in [0.29, 0.717) is 21.9 Å². The second-order valence-electron chi connectivity index (χ2n) is 9.91. The minimum Gasteiger partial charge on any atom is -0.492 e. The molecule has 0 saturated heterocycles. The highest BCUT2D eigenvalue weighted by molar-refractivity contribution is 6.30. The van der Waals surface area contributed by atoms with Gasteiger partial charge in [-0.25, -0.2) is 0 Å². The van der Waals surface area contributed by atoms with Crippen LogP contribution in [0.25, 0.3) is 0 Å². The van der Waals surface area contributed by atoms with E-state index >= 15 is 0 Å². The fourth-order valence-corrected chi connectivity index (χ4v) is 3.69. The van der Waals surface area contributed by atoms with Crippen LogP contribution in [0, 0.1) is 5.92 Å². The number of benzene rings is 2. The van der Waals surface area contributed by atoms with E-state index in [1.54, 1.807) is 24.3 Å². The lowest BCUT2D eigenvalue weighted by molar-refractivity contribution is 0.0766. The zero-order valence-electron chi connectivity index (χ0n) is 18.1. The maximum atomic E-state index is 13.3. The molecule has 1 unspecified atom stereocenters. The van der Waals surface area contributed by atoms with Crippen molar-refractivity contribution in [2.24, 2.45) is 5.92 Å². The van der Waals surface area contributed by atoms with E-state index < -0.39 is 5.92 Å². The first kappa shape index (κ1) is 21.6. The molecule has 29 heavy (non-hydrogen) atoms. The summed E-state index contributed by atoms with van der Waals surface area (Å²) < 4.78 is 6.09. The van der Waals surface area contributed by atoms with Crippen LogP contribution < -0.4 is 4.74 Å². The third-order valence-electron chi connectivity index (χ3n) is 5.43. The third kappa shape index (κ3) is 4.56. The van der Waals surface area contributed by atoms with Gasteiger partial charge in [0.05, 0.1) is 18.1 Å². The number of hydrogen-bond acceptors (Lipinski definition) is 3. The van der Waals surface area contributed by atoms with E-state index in [0.717, 1.165) is 11.1 Å². The third-order valence-corrected chi connectivity index (χ3v) is 5.68. The second-order valence-corrected chi connectivity index (χ2v) is 10.3. The van der Waals surface area contributed by atoms with Crippen molar-refractivity contribution in [1.29, 1.82) is 0 Å². The average molecular weight is 413 g/mol. The molecule has 0 aliphatic carbocycles. The first-order valence-electron chi connectivity index (χ1n) is 10.0. The molecule has 1 aliphatic rings. The standard InChI is InChI=1S/C25H29ClO3/c1-24(2,3)17-12-19-22(28)16(11-21(27)15-7-9-18(26)10-8-15)14-29-23(19)20(13-17)25(4,5)6/h7-10,12-13,16H,11,14H2,1-6H3. The minimum atomic E-state index is -0.478.